The van der Waals surface area contributed by atoms with Gasteiger partial charge >= 0.3 is 0 Å². The van der Waals surface area contributed by atoms with Crippen molar-refractivity contribution in [1.82, 2.24) is 0 Å². The average Bonchev–Trinajstić information content (AvgIpc) is 2.15. The lowest BCUT2D eigenvalue weighted by Gasteiger charge is -2.32. The van der Waals surface area contributed by atoms with E-state index in [-0.39, 0.29) is 0 Å². The molecule has 0 spiro atoms. The molecule has 0 fully saturated rings. The Morgan fingerprint density at radius 3 is 1.85 bits per heavy atom. The normalized spacial score (nSPS) is 11.6. The van der Waals surface area contributed by atoms with Crippen molar-refractivity contribution in [3.8, 4) is 0 Å². The summed E-state index contributed by atoms with van der Waals surface area (Å²) in [5.41, 5.74) is 0.623. The Morgan fingerprint density at radius 1 is 1.00 bits per heavy atom. The molecular formula is C13H26. The smallest absolute Gasteiger partial charge is 0.0297 e. The zero-order valence-electron chi connectivity index (χ0n) is 9.73. The molecule has 0 unspecified atom stereocenters. The van der Waals surface area contributed by atoms with Gasteiger partial charge in [0.25, 0.3) is 0 Å². The van der Waals surface area contributed by atoms with Crippen LogP contribution in [0, 0.1) is 5.41 Å². The molecule has 0 atom stereocenters. The second-order valence-electron chi connectivity index (χ2n) is 4.18. The molecule has 0 aromatic rings. The van der Waals surface area contributed by atoms with Crippen molar-refractivity contribution < 1.29 is 0 Å². The lowest BCUT2D eigenvalue weighted by Crippen LogP contribution is -2.19. The number of allylic oxidation sites excluding steroid dienone is 1. The lowest BCUT2D eigenvalue weighted by atomic mass is 9.73. The maximum absolute atomic E-state index is 3.82. The average molecular weight is 182 g/mol. The van der Waals surface area contributed by atoms with Crippen LogP contribution in [0.3, 0.4) is 0 Å². The number of hydrogen-bond acceptors (Lipinski definition) is 0. The Bertz CT molecular complexity index is 118. The quantitative estimate of drug-likeness (QED) is 0.466. The molecule has 0 N–H and O–H groups in total. The van der Waals surface area contributed by atoms with E-state index in [1.54, 1.807) is 0 Å². The Labute approximate surface area is 84.4 Å². The van der Waals surface area contributed by atoms with Gasteiger partial charge in [0.05, 0.1) is 0 Å². The zero-order chi connectivity index (χ0) is 10.2. The monoisotopic (exact) mass is 182 g/mol. The Morgan fingerprint density at radius 2 is 1.54 bits per heavy atom. The third kappa shape index (κ3) is 4.50. The van der Waals surface area contributed by atoms with Crippen LogP contribution in [0.15, 0.2) is 12.7 Å². The summed E-state index contributed by atoms with van der Waals surface area (Å²) in [6.07, 6.45) is 11.4. The highest BCUT2D eigenvalue weighted by Crippen LogP contribution is 2.38. The summed E-state index contributed by atoms with van der Waals surface area (Å²) in [6.45, 7) is 10.8. The molecule has 0 bridgehead atoms. The third-order valence-electron chi connectivity index (χ3n) is 3.19. The molecule has 0 aromatic heterocycles. The van der Waals surface area contributed by atoms with Gasteiger partial charge in [-0.2, -0.15) is 0 Å². The first kappa shape index (κ1) is 12.7. The predicted octanol–water partition coefficient (Wildman–Crippen LogP) is 4.95. The predicted molar refractivity (Wildman–Crippen MR) is 62.0 cm³/mol. The maximum atomic E-state index is 3.82. The van der Waals surface area contributed by atoms with Crippen LogP contribution < -0.4 is 0 Å². The molecular weight excluding hydrogens is 156 g/mol. The zero-order valence-corrected chi connectivity index (χ0v) is 9.73. The summed E-state index contributed by atoms with van der Waals surface area (Å²) in [4.78, 5) is 0. The van der Waals surface area contributed by atoms with Crippen LogP contribution in [0.5, 0.6) is 0 Å². The fraction of sp³-hybridized carbons (Fsp3) is 0.846. The molecule has 0 aliphatic carbocycles. The standard InChI is InChI=1S/C13H26/c1-5-9-12-13(8-4,10-6-2)11-7-3/h5H,1,6-12H2,2-4H3. The van der Waals surface area contributed by atoms with Crippen molar-refractivity contribution >= 4 is 0 Å². The highest BCUT2D eigenvalue weighted by molar-refractivity contribution is 4.81. The van der Waals surface area contributed by atoms with E-state index in [0.29, 0.717) is 5.41 Å². The molecule has 0 saturated heterocycles. The van der Waals surface area contributed by atoms with E-state index < -0.39 is 0 Å². The van der Waals surface area contributed by atoms with Gasteiger partial charge in [0.1, 0.15) is 0 Å². The van der Waals surface area contributed by atoms with Crippen molar-refractivity contribution in [2.24, 2.45) is 5.41 Å². The summed E-state index contributed by atoms with van der Waals surface area (Å²) >= 11 is 0. The van der Waals surface area contributed by atoms with Crippen molar-refractivity contribution in [2.75, 3.05) is 0 Å². The van der Waals surface area contributed by atoms with Gasteiger partial charge in [-0.15, -0.1) is 6.58 Å². The largest absolute Gasteiger partial charge is 0.103 e. The van der Waals surface area contributed by atoms with Gasteiger partial charge in [-0.1, -0.05) is 46.1 Å². The molecule has 0 radical (unpaired) electrons. The molecule has 78 valence electrons. The number of rotatable bonds is 8. The van der Waals surface area contributed by atoms with Crippen molar-refractivity contribution in [2.45, 2.75) is 65.7 Å². The van der Waals surface area contributed by atoms with Crippen LogP contribution in [0.4, 0.5) is 0 Å². The minimum atomic E-state index is 0.623. The van der Waals surface area contributed by atoms with Gasteiger partial charge in [-0.3, -0.25) is 0 Å². The highest BCUT2D eigenvalue weighted by Gasteiger charge is 2.24. The van der Waals surface area contributed by atoms with E-state index in [4.69, 9.17) is 0 Å². The first-order valence-corrected chi connectivity index (χ1v) is 5.85. The first-order valence-electron chi connectivity index (χ1n) is 5.85. The minimum absolute atomic E-state index is 0.623. The van der Waals surface area contributed by atoms with Crippen LogP contribution in [-0.4, -0.2) is 0 Å². The summed E-state index contributed by atoms with van der Waals surface area (Å²) in [7, 11) is 0. The molecule has 0 aliphatic heterocycles. The van der Waals surface area contributed by atoms with Gasteiger partial charge in [0.2, 0.25) is 0 Å². The van der Waals surface area contributed by atoms with Gasteiger partial charge in [0, 0.05) is 0 Å². The highest BCUT2D eigenvalue weighted by atomic mass is 14.3. The van der Waals surface area contributed by atoms with Crippen LogP contribution in [0.2, 0.25) is 0 Å². The van der Waals surface area contributed by atoms with Gasteiger partial charge in [-0.05, 0) is 31.1 Å². The maximum Gasteiger partial charge on any atom is -0.0297 e. The second-order valence-corrected chi connectivity index (χ2v) is 4.18. The van der Waals surface area contributed by atoms with E-state index in [2.05, 4.69) is 33.4 Å². The van der Waals surface area contributed by atoms with E-state index >= 15 is 0 Å². The summed E-state index contributed by atoms with van der Waals surface area (Å²) in [5.74, 6) is 0. The van der Waals surface area contributed by atoms with Crippen LogP contribution >= 0.6 is 0 Å². The van der Waals surface area contributed by atoms with Gasteiger partial charge < -0.3 is 0 Å². The Hall–Kier alpha value is -0.260. The first-order chi connectivity index (χ1) is 6.24. The number of hydrogen-bond donors (Lipinski definition) is 0. The second kappa shape index (κ2) is 7.17. The molecule has 0 heteroatoms. The fourth-order valence-corrected chi connectivity index (χ4v) is 2.37. The topological polar surface area (TPSA) is 0 Å². The molecule has 0 nitrogen and oxygen atoms in total. The van der Waals surface area contributed by atoms with Crippen LogP contribution in [0.25, 0.3) is 0 Å². The molecule has 0 saturated carbocycles. The fourth-order valence-electron chi connectivity index (χ4n) is 2.37. The minimum Gasteiger partial charge on any atom is -0.103 e. The SMILES string of the molecule is C=CCCC(CC)(CCC)CCC. The van der Waals surface area contributed by atoms with E-state index in [1.807, 2.05) is 0 Å². The molecule has 0 heterocycles. The molecule has 0 rings (SSSR count). The summed E-state index contributed by atoms with van der Waals surface area (Å²) in [6, 6.07) is 0. The third-order valence-corrected chi connectivity index (χ3v) is 3.19. The van der Waals surface area contributed by atoms with Crippen LogP contribution in [-0.2, 0) is 0 Å². The van der Waals surface area contributed by atoms with Crippen molar-refractivity contribution in [3.63, 3.8) is 0 Å². The molecule has 0 amide bonds. The van der Waals surface area contributed by atoms with Gasteiger partial charge in [-0.25, -0.2) is 0 Å². The van der Waals surface area contributed by atoms with E-state index in [0.717, 1.165) is 0 Å². The molecule has 0 aliphatic rings. The van der Waals surface area contributed by atoms with Crippen molar-refractivity contribution in [1.29, 1.82) is 0 Å². The summed E-state index contributed by atoms with van der Waals surface area (Å²) < 4.78 is 0. The lowest BCUT2D eigenvalue weighted by molar-refractivity contribution is 0.206. The Balaban J connectivity index is 4.15. The van der Waals surface area contributed by atoms with E-state index in [1.165, 1.54) is 44.9 Å². The van der Waals surface area contributed by atoms with E-state index in [9.17, 15) is 0 Å². The summed E-state index contributed by atoms with van der Waals surface area (Å²) in [5, 5.41) is 0. The van der Waals surface area contributed by atoms with Crippen molar-refractivity contribution in [3.05, 3.63) is 12.7 Å². The van der Waals surface area contributed by atoms with Crippen LogP contribution in [0.1, 0.15) is 65.7 Å². The molecule has 13 heavy (non-hydrogen) atoms. The molecule has 0 aromatic carbocycles. The Kier molecular flexibility index (Phi) is 7.03. The van der Waals surface area contributed by atoms with Gasteiger partial charge in [0.15, 0.2) is 0 Å².